The number of rotatable bonds is 5. The molecule has 2 aliphatic rings. The summed E-state index contributed by atoms with van der Waals surface area (Å²) < 4.78 is 24.5. The first-order valence-electron chi connectivity index (χ1n) is 14.2. The summed E-state index contributed by atoms with van der Waals surface area (Å²) in [7, 11) is 1.67. The Morgan fingerprint density at radius 1 is 0.571 bits per heavy atom. The molecule has 0 bridgehead atoms. The molecule has 4 atom stereocenters. The lowest BCUT2D eigenvalue weighted by molar-refractivity contribution is 0.291. The zero-order valence-corrected chi connectivity index (χ0v) is 27.3. The maximum atomic E-state index is 6.78. The second-order valence-corrected chi connectivity index (χ2v) is 18.5. The van der Waals surface area contributed by atoms with E-state index in [1.165, 1.54) is 21.7 Å². The monoisotopic (exact) mass is 600 g/mol. The van der Waals surface area contributed by atoms with E-state index >= 15 is 0 Å². The third kappa shape index (κ3) is 5.03. The van der Waals surface area contributed by atoms with Crippen molar-refractivity contribution in [3.05, 3.63) is 84.2 Å². The van der Waals surface area contributed by atoms with Crippen LogP contribution in [0.4, 0.5) is 0 Å². The van der Waals surface area contributed by atoms with Gasteiger partial charge in [0.1, 0.15) is 11.5 Å². The number of ether oxygens (including phenoxy) is 4. The summed E-state index contributed by atoms with van der Waals surface area (Å²) in [5, 5.41) is 2.50. The minimum absolute atomic E-state index is 0.0393. The zero-order chi connectivity index (χ0) is 29.8. The predicted molar refractivity (Wildman–Crippen MR) is 173 cm³/mol. The summed E-state index contributed by atoms with van der Waals surface area (Å²) in [6, 6.07) is 24.8. The maximum absolute atomic E-state index is 6.78. The largest absolute Gasteiger partial charge is 0.481 e. The van der Waals surface area contributed by atoms with Gasteiger partial charge in [-0.15, -0.1) is 0 Å². The first kappa shape index (κ1) is 28.9. The van der Waals surface area contributed by atoms with Crippen molar-refractivity contribution in [3.63, 3.8) is 0 Å². The van der Waals surface area contributed by atoms with E-state index in [4.69, 9.17) is 28.9 Å². The molecule has 218 valence electrons. The molecule has 4 aromatic rings. The minimum Gasteiger partial charge on any atom is -0.481 e. The fourth-order valence-electron chi connectivity index (χ4n) is 5.87. The molecule has 2 aromatic carbocycles. The number of benzene rings is 2. The van der Waals surface area contributed by atoms with Gasteiger partial charge >= 0.3 is 0 Å². The van der Waals surface area contributed by atoms with E-state index in [1.54, 1.807) is 14.2 Å². The van der Waals surface area contributed by atoms with E-state index in [0.29, 0.717) is 11.8 Å². The SMILES string of the molecule is COc1cccc([C@@H]2Oc3cccc(-c4cccc5c4[P@](C(C)(C)C)[C@H](c4cccc(OC)n4)O5)c3[P@@]2C(C)(C)C)n1. The Labute approximate surface area is 251 Å². The normalized spacial score (nSPS) is 21.2. The molecule has 0 N–H and O–H groups in total. The number of methoxy groups -OCH3 is 2. The van der Waals surface area contributed by atoms with Gasteiger partial charge in [0.15, 0.2) is 11.7 Å². The molecule has 0 spiro atoms. The highest BCUT2D eigenvalue weighted by Crippen LogP contribution is 2.68. The molecular weight excluding hydrogens is 562 g/mol. The molecule has 0 saturated carbocycles. The van der Waals surface area contributed by atoms with Crippen molar-refractivity contribution in [2.24, 2.45) is 0 Å². The minimum atomic E-state index is -0.817. The smallest absolute Gasteiger partial charge is 0.213 e. The molecule has 0 amide bonds. The van der Waals surface area contributed by atoms with Crippen molar-refractivity contribution >= 4 is 26.5 Å². The van der Waals surface area contributed by atoms with Crippen molar-refractivity contribution < 1.29 is 18.9 Å². The van der Waals surface area contributed by atoms with E-state index < -0.39 is 15.8 Å². The Bertz CT molecular complexity index is 1510. The molecule has 0 fully saturated rings. The summed E-state index contributed by atoms with van der Waals surface area (Å²) >= 11 is 0. The van der Waals surface area contributed by atoms with Crippen molar-refractivity contribution in [2.45, 2.75) is 63.5 Å². The van der Waals surface area contributed by atoms with Crippen LogP contribution in [0.3, 0.4) is 0 Å². The molecule has 2 aliphatic heterocycles. The van der Waals surface area contributed by atoms with E-state index in [2.05, 4.69) is 90.1 Å². The van der Waals surface area contributed by atoms with E-state index in [0.717, 1.165) is 22.9 Å². The first-order chi connectivity index (χ1) is 20.0. The Morgan fingerprint density at radius 3 is 1.31 bits per heavy atom. The molecule has 42 heavy (non-hydrogen) atoms. The fourth-order valence-corrected chi connectivity index (χ4v) is 12.0. The van der Waals surface area contributed by atoms with Crippen LogP contribution in [0.5, 0.6) is 23.3 Å². The molecule has 4 heterocycles. The van der Waals surface area contributed by atoms with Gasteiger partial charge in [0.05, 0.1) is 25.6 Å². The molecule has 2 aromatic heterocycles. The summed E-state index contributed by atoms with van der Waals surface area (Å²) in [5.74, 6) is 2.73. The highest BCUT2D eigenvalue weighted by atomic mass is 31.1. The first-order valence-corrected chi connectivity index (χ1v) is 17.0. The van der Waals surface area contributed by atoms with Crippen molar-refractivity contribution in [1.82, 2.24) is 9.97 Å². The number of hydrogen-bond acceptors (Lipinski definition) is 6. The lowest BCUT2D eigenvalue weighted by atomic mass is 10.0. The van der Waals surface area contributed by atoms with Crippen molar-refractivity contribution in [3.8, 4) is 34.4 Å². The summed E-state index contributed by atoms with van der Waals surface area (Å²) in [6.07, 6.45) is 0. The fraction of sp³-hybridized carbons (Fsp3) is 0.353. The average molecular weight is 601 g/mol. The van der Waals surface area contributed by atoms with Crippen LogP contribution in [0.2, 0.25) is 0 Å². The van der Waals surface area contributed by atoms with Crippen LogP contribution in [0.1, 0.15) is 64.6 Å². The van der Waals surface area contributed by atoms with Crippen LogP contribution in [0.15, 0.2) is 72.8 Å². The summed E-state index contributed by atoms with van der Waals surface area (Å²) in [5.41, 5.74) is 4.24. The van der Waals surface area contributed by atoms with E-state index in [9.17, 15) is 0 Å². The third-order valence-corrected chi connectivity index (χ3v) is 14.0. The number of aromatic nitrogens is 2. The molecule has 6 nitrogen and oxygen atoms in total. The Balaban J connectivity index is 1.52. The predicted octanol–water partition coefficient (Wildman–Crippen LogP) is 8.15. The second kappa shape index (κ2) is 10.8. The van der Waals surface area contributed by atoms with Gasteiger partial charge in [0.25, 0.3) is 0 Å². The van der Waals surface area contributed by atoms with Crippen LogP contribution in [0, 0.1) is 0 Å². The van der Waals surface area contributed by atoms with Gasteiger partial charge in [0.2, 0.25) is 11.8 Å². The molecule has 8 heteroatoms. The van der Waals surface area contributed by atoms with Gasteiger partial charge in [-0.2, -0.15) is 0 Å². The second-order valence-electron chi connectivity index (χ2n) is 12.5. The van der Waals surface area contributed by atoms with Gasteiger partial charge in [-0.05, 0) is 61.5 Å². The van der Waals surface area contributed by atoms with Gasteiger partial charge in [-0.25, -0.2) is 9.97 Å². The quantitative estimate of drug-likeness (QED) is 0.216. The number of pyridine rings is 2. The molecule has 6 rings (SSSR count). The Morgan fingerprint density at radius 2 is 0.952 bits per heavy atom. The number of nitrogens with zero attached hydrogens (tertiary/aromatic N) is 2. The zero-order valence-electron chi connectivity index (χ0n) is 25.5. The summed E-state index contributed by atoms with van der Waals surface area (Å²) in [4.78, 5) is 9.63. The number of hydrogen-bond donors (Lipinski definition) is 0. The van der Waals surface area contributed by atoms with Crippen molar-refractivity contribution in [2.75, 3.05) is 14.2 Å². The topological polar surface area (TPSA) is 62.7 Å². The highest BCUT2D eigenvalue weighted by Gasteiger charge is 2.48. The maximum Gasteiger partial charge on any atom is 0.213 e. The number of fused-ring (bicyclic) bond motifs is 2. The molecule has 0 unspecified atom stereocenters. The van der Waals surface area contributed by atoms with Gasteiger partial charge in [0, 0.05) is 22.7 Å². The van der Waals surface area contributed by atoms with E-state index in [1.807, 2.05) is 24.3 Å². The van der Waals surface area contributed by atoms with Gasteiger partial charge < -0.3 is 18.9 Å². The van der Waals surface area contributed by atoms with Gasteiger partial charge in [-0.3, -0.25) is 0 Å². The van der Waals surface area contributed by atoms with Crippen LogP contribution in [-0.2, 0) is 0 Å². The molecule has 0 radical (unpaired) electrons. The Hall–Kier alpha value is -3.20. The van der Waals surface area contributed by atoms with Crippen LogP contribution < -0.4 is 29.6 Å². The standard InChI is InChI=1S/C34H38N2O4P2/c1-33(2,3)41-29-21(13-9-17-25(29)39-31(41)23-15-11-19-27(35-23)37-7)22-14-10-18-26-30(22)42(34(4,5)6)32(40-26)24-16-12-20-28(36-24)38-8/h9-20,31-32H,1-8H3/t31-,32-,41-,42+/m1/s1. The average Bonchev–Trinajstić information content (AvgIpc) is 3.57. The van der Waals surface area contributed by atoms with E-state index in [-0.39, 0.29) is 22.0 Å². The molecule has 0 aliphatic carbocycles. The highest BCUT2D eigenvalue weighted by molar-refractivity contribution is 7.69. The lowest BCUT2D eigenvalue weighted by Crippen LogP contribution is -2.24. The summed E-state index contributed by atoms with van der Waals surface area (Å²) in [6.45, 7) is 13.9. The molecular formula is C34H38N2O4P2. The van der Waals surface area contributed by atoms with Crippen LogP contribution in [0.25, 0.3) is 11.1 Å². The molecule has 0 saturated heterocycles. The van der Waals surface area contributed by atoms with Crippen LogP contribution >= 0.6 is 15.8 Å². The third-order valence-electron chi connectivity index (χ3n) is 7.58. The lowest BCUT2D eigenvalue weighted by Gasteiger charge is -2.34. The van der Waals surface area contributed by atoms with Crippen LogP contribution in [-0.4, -0.2) is 34.5 Å². The Kier molecular flexibility index (Phi) is 7.44. The van der Waals surface area contributed by atoms with Crippen molar-refractivity contribution in [1.29, 1.82) is 0 Å². The van der Waals surface area contributed by atoms with Gasteiger partial charge in [-0.1, -0.05) is 77.9 Å².